The molecule has 0 amide bonds. The molecule has 0 aliphatic heterocycles. The first kappa shape index (κ1) is 11.6. The van der Waals surface area contributed by atoms with Gasteiger partial charge < -0.3 is 5.73 Å². The van der Waals surface area contributed by atoms with Gasteiger partial charge in [0.05, 0.1) is 0 Å². The quantitative estimate of drug-likeness (QED) is 0.873. The fourth-order valence-corrected chi connectivity index (χ4v) is 1.60. The number of nitrogens with two attached hydrogens (primary N) is 1. The van der Waals surface area contributed by atoms with Crippen LogP contribution in [0, 0.1) is 11.6 Å². The minimum Gasteiger partial charge on any atom is -0.325 e. The van der Waals surface area contributed by atoms with E-state index >= 15 is 0 Å². The summed E-state index contributed by atoms with van der Waals surface area (Å²) in [6, 6.07) is 2.48. The number of benzene rings is 1. The van der Waals surface area contributed by atoms with Crippen LogP contribution in [0.3, 0.4) is 0 Å². The standard InChI is InChI=1S/C10H12BrF2N/c1-10(2,14)5-7-8(12)3-6(11)4-9(7)13/h3-4H,5,14H2,1-2H3. The molecule has 0 saturated heterocycles. The van der Waals surface area contributed by atoms with Crippen LogP contribution in [0.2, 0.25) is 0 Å². The first-order valence-corrected chi connectivity index (χ1v) is 5.01. The summed E-state index contributed by atoms with van der Waals surface area (Å²) in [5, 5.41) is 0. The van der Waals surface area contributed by atoms with Crippen LogP contribution in [0.4, 0.5) is 8.78 Å². The van der Waals surface area contributed by atoms with Gasteiger partial charge >= 0.3 is 0 Å². The summed E-state index contributed by atoms with van der Waals surface area (Å²) in [5.74, 6) is -1.12. The molecule has 0 unspecified atom stereocenters. The van der Waals surface area contributed by atoms with Crippen LogP contribution >= 0.6 is 15.9 Å². The molecule has 0 heterocycles. The van der Waals surface area contributed by atoms with Crippen molar-refractivity contribution in [2.75, 3.05) is 0 Å². The summed E-state index contributed by atoms with van der Waals surface area (Å²) < 4.78 is 27.0. The molecule has 0 aliphatic rings. The maximum Gasteiger partial charge on any atom is 0.130 e. The lowest BCUT2D eigenvalue weighted by molar-refractivity contribution is 0.472. The number of halogens is 3. The minimum absolute atomic E-state index is 0.0423. The Morgan fingerprint density at radius 1 is 1.29 bits per heavy atom. The van der Waals surface area contributed by atoms with E-state index < -0.39 is 17.2 Å². The van der Waals surface area contributed by atoms with Crippen LogP contribution in [-0.2, 0) is 6.42 Å². The van der Waals surface area contributed by atoms with Crippen LogP contribution in [0.1, 0.15) is 19.4 Å². The van der Waals surface area contributed by atoms with Gasteiger partial charge in [0.2, 0.25) is 0 Å². The molecule has 0 radical (unpaired) electrons. The molecule has 1 rings (SSSR count). The van der Waals surface area contributed by atoms with Gasteiger partial charge in [-0.2, -0.15) is 0 Å². The third-order valence-corrected chi connectivity index (χ3v) is 2.20. The second kappa shape index (κ2) is 3.95. The van der Waals surface area contributed by atoms with E-state index in [4.69, 9.17) is 5.73 Å². The molecule has 4 heteroatoms. The van der Waals surface area contributed by atoms with Crippen molar-refractivity contribution in [2.45, 2.75) is 25.8 Å². The zero-order valence-electron chi connectivity index (χ0n) is 8.07. The molecule has 0 aliphatic carbocycles. The second-order valence-corrected chi connectivity index (χ2v) is 4.93. The van der Waals surface area contributed by atoms with Crippen molar-refractivity contribution >= 4 is 15.9 Å². The molecule has 1 nitrogen and oxygen atoms in total. The van der Waals surface area contributed by atoms with E-state index in [0.717, 1.165) is 0 Å². The normalized spacial score (nSPS) is 11.9. The van der Waals surface area contributed by atoms with Gasteiger partial charge in [-0.1, -0.05) is 15.9 Å². The maximum absolute atomic E-state index is 13.3. The highest BCUT2D eigenvalue weighted by atomic mass is 79.9. The highest BCUT2D eigenvalue weighted by Crippen LogP contribution is 2.22. The van der Waals surface area contributed by atoms with Gasteiger partial charge in [0.25, 0.3) is 0 Å². The van der Waals surface area contributed by atoms with Gasteiger partial charge in [-0.05, 0) is 32.4 Å². The zero-order valence-corrected chi connectivity index (χ0v) is 9.66. The molecule has 1 aromatic rings. The first-order valence-electron chi connectivity index (χ1n) is 4.22. The Balaban J connectivity index is 3.09. The summed E-state index contributed by atoms with van der Waals surface area (Å²) >= 11 is 3.02. The van der Waals surface area contributed by atoms with E-state index in [1.807, 2.05) is 0 Å². The van der Waals surface area contributed by atoms with Crippen LogP contribution in [-0.4, -0.2) is 5.54 Å². The molecule has 2 N–H and O–H groups in total. The lowest BCUT2D eigenvalue weighted by Gasteiger charge is -2.19. The lowest BCUT2D eigenvalue weighted by Crippen LogP contribution is -2.35. The average molecular weight is 264 g/mol. The zero-order chi connectivity index (χ0) is 10.9. The Bertz CT molecular complexity index is 321. The van der Waals surface area contributed by atoms with Gasteiger partial charge in [-0.3, -0.25) is 0 Å². The van der Waals surface area contributed by atoms with Crippen LogP contribution < -0.4 is 5.73 Å². The molecule has 0 spiro atoms. The maximum atomic E-state index is 13.3. The molecule has 0 bridgehead atoms. The minimum atomic E-state index is -0.616. The van der Waals surface area contributed by atoms with E-state index in [-0.39, 0.29) is 12.0 Å². The molecule has 0 saturated carbocycles. The molecule has 0 aromatic heterocycles. The van der Waals surface area contributed by atoms with E-state index in [1.165, 1.54) is 12.1 Å². The third kappa shape index (κ3) is 3.03. The van der Waals surface area contributed by atoms with Gasteiger partial charge in [0.15, 0.2) is 0 Å². The van der Waals surface area contributed by atoms with Crippen molar-refractivity contribution in [3.63, 3.8) is 0 Å². The Hall–Kier alpha value is -0.480. The Labute approximate surface area is 90.4 Å². The van der Waals surface area contributed by atoms with E-state index in [0.29, 0.717) is 4.47 Å². The largest absolute Gasteiger partial charge is 0.325 e. The molecule has 0 fully saturated rings. The fraction of sp³-hybridized carbons (Fsp3) is 0.400. The third-order valence-electron chi connectivity index (χ3n) is 1.74. The topological polar surface area (TPSA) is 26.0 Å². The van der Waals surface area contributed by atoms with Gasteiger partial charge in [-0.25, -0.2) is 8.78 Å². The van der Waals surface area contributed by atoms with Crippen molar-refractivity contribution in [3.8, 4) is 0 Å². The Kier molecular flexibility index (Phi) is 3.27. The molecule has 1 aromatic carbocycles. The Morgan fingerprint density at radius 3 is 2.07 bits per heavy atom. The first-order chi connectivity index (χ1) is 6.29. The summed E-state index contributed by atoms with van der Waals surface area (Å²) in [6.45, 7) is 3.46. The van der Waals surface area contributed by atoms with Crippen LogP contribution in [0.15, 0.2) is 16.6 Å². The molecule has 78 valence electrons. The molecule has 14 heavy (non-hydrogen) atoms. The van der Waals surface area contributed by atoms with Crippen molar-refractivity contribution in [2.24, 2.45) is 5.73 Å². The number of hydrogen-bond acceptors (Lipinski definition) is 1. The highest BCUT2D eigenvalue weighted by molar-refractivity contribution is 9.10. The average Bonchev–Trinajstić information content (AvgIpc) is 1.95. The van der Waals surface area contributed by atoms with Crippen LogP contribution in [0.5, 0.6) is 0 Å². The van der Waals surface area contributed by atoms with Gasteiger partial charge in [0, 0.05) is 15.6 Å². The predicted octanol–water partition coefficient (Wildman–Crippen LogP) is 3.01. The van der Waals surface area contributed by atoms with E-state index in [9.17, 15) is 8.78 Å². The van der Waals surface area contributed by atoms with Crippen molar-refractivity contribution in [3.05, 3.63) is 33.8 Å². The molecule has 0 atom stereocenters. The number of hydrogen-bond donors (Lipinski definition) is 1. The van der Waals surface area contributed by atoms with Crippen molar-refractivity contribution < 1.29 is 8.78 Å². The van der Waals surface area contributed by atoms with Gasteiger partial charge in [0.1, 0.15) is 11.6 Å². The summed E-state index contributed by atoms with van der Waals surface area (Å²) in [5.41, 5.74) is 5.13. The SMILES string of the molecule is CC(C)(N)Cc1c(F)cc(Br)cc1F. The van der Waals surface area contributed by atoms with Gasteiger partial charge in [-0.15, -0.1) is 0 Å². The monoisotopic (exact) mass is 263 g/mol. The van der Waals surface area contributed by atoms with E-state index in [1.54, 1.807) is 13.8 Å². The number of rotatable bonds is 2. The van der Waals surface area contributed by atoms with Crippen molar-refractivity contribution in [1.29, 1.82) is 0 Å². The summed E-state index contributed by atoms with van der Waals surface area (Å²) in [4.78, 5) is 0. The highest BCUT2D eigenvalue weighted by Gasteiger charge is 2.18. The van der Waals surface area contributed by atoms with Crippen LogP contribution in [0.25, 0.3) is 0 Å². The molecular formula is C10H12BrF2N. The lowest BCUT2D eigenvalue weighted by atomic mass is 9.95. The van der Waals surface area contributed by atoms with E-state index in [2.05, 4.69) is 15.9 Å². The smallest absolute Gasteiger partial charge is 0.130 e. The van der Waals surface area contributed by atoms with Crippen molar-refractivity contribution in [1.82, 2.24) is 0 Å². The summed E-state index contributed by atoms with van der Waals surface area (Å²) in [6.07, 6.45) is 0.179. The second-order valence-electron chi connectivity index (χ2n) is 4.01. The Morgan fingerprint density at radius 2 is 1.71 bits per heavy atom. The molecular weight excluding hydrogens is 252 g/mol. The predicted molar refractivity (Wildman–Crippen MR) is 56.0 cm³/mol. The summed E-state index contributed by atoms with van der Waals surface area (Å²) in [7, 11) is 0. The fourth-order valence-electron chi connectivity index (χ4n) is 1.20.